The molecule has 0 spiro atoms. The highest BCUT2D eigenvalue weighted by Gasteiger charge is 2.27. The summed E-state index contributed by atoms with van der Waals surface area (Å²) in [5.74, 6) is 0.806. The highest BCUT2D eigenvalue weighted by molar-refractivity contribution is 6.32. The maximum atomic E-state index is 6.43. The molecule has 4 heteroatoms. The second-order valence-electron chi connectivity index (χ2n) is 7.66. The van der Waals surface area contributed by atoms with E-state index >= 15 is 0 Å². The molecular weight excluding hydrogens is 406 g/mol. The lowest BCUT2D eigenvalue weighted by atomic mass is 9.88. The van der Waals surface area contributed by atoms with Crippen LogP contribution in [0, 0.1) is 0 Å². The van der Waals surface area contributed by atoms with Gasteiger partial charge >= 0.3 is 0 Å². The zero-order chi connectivity index (χ0) is 21.4. The first-order chi connectivity index (χ1) is 15.1. The Morgan fingerprint density at radius 1 is 1.00 bits per heavy atom. The summed E-state index contributed by atoms with van der Waals surface area (Å²) >= 11 is 6.43. The van der Waals surface area contributed by atoms with Gasteiger partial charge in [-0.05, 0) is 71.3 Å². The molecule has 4 aromatic rings. The van der Waals surface area contributed by atoms with Crippen LogP contribution in [0.25, 0.3) is 10.8 Å². The standard InChI is InChI=1S/C27H22ClNO2/c1-17-23-14-19-8-9-20(28)15-24(19)26(25(23)16-31-17)27(18-6-4-3-5-7-18)29-21-10-12-22(30-2)13-11-21/h3-15,17H,16H2,1-2H3. The molecule has 31 heavy (non-hydrogen) atoms. The summed E-state index contributed by atoms with van der Waals surface area (Å²) in [7, 11) is 1.66. The van der Waals surface area contributed by atoms with Crippen LogP contribution in [-0.2, 0) is 11.3 Å². The Kier molecular flexibility index (Phi) is 5.23. The maximum Gasteiger partial charge on any atom is 0.119 e. The van der Waals surface area contributed by atoms with Crippen molar-refractivity contribution in [3.05, 3.63) is 106 Å². The van der Waals surface area contributed by atoms with Crippen molar-refractivity contribution in [1.82, 2.24) is 0 Å². The average molecular weight is 428 g/mol. The van der Waals surface area contributed by atoms with Crippen LogP contribution in [-0.4, -0.2) is 12.8 Å². The monoisotopic (exact) mass is 427 g/mol. The molecular formula is C27H22ClNO2. The number of rotatable bonds is 4. The highest BCUT2D eigenvalue weighted by atomic mass is 35.5. The van der Waals surface area contributed by atoms with Crippen LogP contribution in [0.4, 0.5) is 5.69 Å². The van der Waals surface area contributed by atoms with Crippen LogP contribution in [0.3, 0.4) is 0 Å². The summed E-state index contributed by atoms with van der Waals surface area (Å²) in [4.78, 5) is 5.12. The first-order valence-electron chi connectivity index (χ1n) is 10.3. The van der Waals surface area contributed by atoms with Gasteiger partial charge < -0.3 is 9.47 Å². The minimum absolute atomic E-state index is 0.0480. The van der Waals surface area contributed by atoms with Gasteiger partial charge in [0.05, 0.1) is 31.2 Å². The molecule has 0 N–H and O–H groups in total. The molecule has 0 amide bonds. The van der Waals surface area contributed by atoms with Crippen molar-refractivity contribution in [3.63, 3.8) is 0 Å². The smallest absolute Gasteiger partial charge is 0.119 e. The van der Waals surface area contributed by atoms with Crippen molar-refractivity contribution in [2.45, 2.75) is 19.6 Å². The number of aliphatic imine (C=N–C) groups is 1. The fraction of sp³-hybridized carbons (Fsp3) is 0.148. The van der Waals surface area contributed by atoms with Gasteiger partial charge in [-0.2, -0.15) is 0 Å². The first kappa shape index (κ1) is 19.8. The van der Waals surface area contributed by atoms with E-state index in [1.54, 1.807) is 7.11 Å². The molecule has 0 saturated heterocycles. The number of benzene rings is 4. The number of hydrogen-bond donors (Lipinski definition) is 0. The van der Waals surface area contributed by atoms with E-state index in [0.717, 1.165) is 39.0 Å². The van der Waals surface area contributed by atoms with E-state index in [-0.39, 0.29) is 6.10 Å². The summed E-state index contributed by atoms with van der Waals surface area (Å²) in [5, 5.41) is 2.92. The van der Waals surface area contributed by atoms with Crippen molar-refractivity contribution in [3.8, 4) is 5.75 Å². The Morgan fingerprint density at radius 3 is 2.52 bits per heavy atom. The maximum absolute atomic E-state index is 6.43. The Bertz CT molecular complexity index is 1280. The molecule has 1 atom stereocenters. The van der Waals surface area contributed by atoms with Crippen LogP contribution in [0.2, 0.25) is 5.02 Å². The number of hydrogen-bond acceptors (Lipinski definition) is 3. The second-order valence-corrected chi connectivity index (χ2v) is 8.10. The number of fused-ring (bicyclic) bond motifs is 2. The average Bonchev–Trinajstić information content (AvgIpc) is 3.17. The molecule has 0 fully saturated rings. The molecule has 0 saturated carbocycles. The molecule has 0 bridgehead atoms. The molecule has 0 aliphatic carbocycles. The zero-order valence-electron chi connectivity index (χ0n) is 17.4. The van der Waals surface area contributed by atoms with Gasteiger partial charge in [0, 0.05) is 16.1 Å². The van der Waals surface area contributed by atoms with Crippen molar-refractivity contribution in [1.29, 1.82) is 0 Å². The molecule has 1 unspecified atom stereocenters. The van der Waals surface area contributed by atoms with Crippen LogP contribution < -0.4 is 4.74 Å². The quantitative estimate of drug-likeness (QED) is 0.321. The molecule has 0 aromatic heterocycles. The number of nitrogens with zero attached hydrogens (tertiary/aromatic N) is 1. The summed E-state index contributed by atoms with van der Waals surface area (Å²) in [6.45, 7) is 2.66. The topological polar surface area (TPSA) is 30.8 Å². The largest absolute Gasteiger partial charge is 0.497 e. The molecule has 3 nitrogen and oxygen atoms in total. The fourth-order valence-corrected chi connectivity index (χ4v) is 4.34. The Hall–Kier alpha value is -3.14. The third kappa shape index (κ3) is 3.71. The van der Waals surface area contributed by atoms with E-state index in [4.69, 9.17) is 26.1 Å². The van der Waals surface area contributed by atoms with Gasteiger partial charge in [-0.3, -0.25) is 0 Å². The predicted octanol–water partition coefficient (Wildman–Crippen LogP) is 7.26. The molecule has 0 radical (unpaired) electrons. The molecule has 154 valence electrons. The van der Waals surface area contributed by atoms with Crippen LogP contribution >= 0.6 is 11.6 Å². The van der Waals surface area contributed by atoms with Gasteiger partial charge in [0.2, 0.25) is 0 Å². The zero-order valence-corrected chi connectivity index (χ0v) is 18.2. The first-order valence-corrected chi connectivity index (χ1v) is 10.7. The van der Waals surface area contributed by atoms with E-state index in [1.165, 1.54) is 11.1 Å². The van der Waals surface area contributed by atoms with E-state index in [9.17, 15) is 0 Å². The van der Waals surface area contributed by atoms with Gasteiger partial charge in [0.1, 0.15) is 5.75 Å². The minimum atomic E-state index is 0.0480. The van der Waals surface area contributed by atoms with Crippen LogP contribution in [0.1, 0.15) is 35.3 Å². The second kappa shape index (κ2) is 8.18. The third-order valence-corrected chi connectivity index (χ3v) is 5.99. The predicted molar refractivity (Wildman–Crippen MR) is 127 cm³/mol. The van der Waals surface area contributed by atoms with E-state index in [0.29, 0.717) is 11.6 Å². The van der Waals surface area contributed by atoms with E-state index in [2.05, 4.69) is 31.2 Å². The SMILES string of the molecule is COc1ccc(N=C(c2ccccc2)c2c3c(cc4ccc(Cl)cc24)C(C)OC3)cc1. The van der Waals surface area contributed by atoms with Gasteiger partial charge in [-0.15, -0.1) is 0 Å². The van der Waals surface area contributed by atoms with Gasteiger partial charge in [-0.25, -0.2) is 4.99 Å². The Balaban J connectivity index is 1.82. The normalized spacial score (nSPS) is 15.8. The molecule has 1 heterocycles. The third-order valence-electron chi connectivity index (χ3n) is 5.76. The number of halogens is 1. The van der Waals surface area contributed by atoms with Crippen molar-refractivity contribution < 1.29 is 9.47 Å². The van der Waals surface area contributed by atoms with Gasteiger partial charge in [0.15, 0.2) is 0 Å². The van der Waals surface area contributed by atoms with E-state index < -0.39 is 0 Å². The van der Waals surface area contributed by atoms with Crippen LogP contribution in [0.15, 0.2) is 83.9 Å². The number of methoxy groups -OCH3 is 1. The summed E-state index contributed by atoms with van der Waals surface area (Å²) in [6.07, 6.45) is 0.0480. The molecule has 5 rings (SSSR count). The van der Waals surface area contributed by atoms with Crippen molar-refractivity contribution in [2.75, 3.05) is 7.11 Å². The Labute approximate surface area is 186 Å². The fourth-order valence-electron chi connectivity index (χ4n) is 4.17. The summed E-state index contributed by atoms with van der Waals surface area (Å²) in [6, 6.07) is 26.3. The molecule has 4 aromatic carbocycles. The number of ether oxygens (including phenoxy) is 2. The summed E-state index contributed by atoms with van der Waals surface area (Å²) < 4.78 is 11.3. The lowest BCUT2D eigenvalue weighted by Gasteiger charge is -2.16. The summed E-state index contributed by atoms with van der Waals surface area (Å²) in [5.41, 5.74) is 6.29. The molecule has 1 aliphatic rings. The van der Waals surface area contributed by atoms with Gasteiger partial charge in [-0.1, -0.05) is 48.0 Å². The molecule has 1 aliphatic heterocycles. The minimum Gasteiger partial charge on any atom is -0.497 e. The van der Waals surface area contributed by atoms with E-state index in [1.807, 2.05) is 54.6 Å². The van der Waals surface area contributed by atoms with Crippen molar-refractivity contribution >= 4 is 33.8 Å². The lowest BCUT2D eigenvalue weighted by Crippen LogP contribution is -2.08. The van der Waals surface area contributed by atoms with Gasteiger partial charge in [0.25, 0.3) is 0 Å². The van der Waals surface area contributed by atoms with Crippen LogP contribution in [0.5, 0.6) is 5.75 Å². The highest BCUT2D eigenvalue weighted by Crippen LogP contribution is 2.39. The van der Waals surface area contributed by atoms with Crippen molar-refractivity contribution in [2.24, 2.45) is 4.99 Å². The lowest BCUT2D eigenvalue weighted by molar-refractivity contribution is 0.0796. The Morgan fingerprint density at radius 2 is 1.77 bits per heavy atom.